The molecule has 2 aromatic rings. The first-order valence-electron chi connectivity index (χ1n) is 6.93. The first kappa shape index (κ1) is 13.3. The Morgan fingerprint density at radius 3 is 2.65 bits per heavy atom. The van der Waals surface area contributed by atoms with Gasteiger partial charge in [0.15, 0.2) is 5.13 Å². The van der Waals surface area contributed by atoms with E-state index in [0.717, 1.165) is 42.6 Å². The van der Waals surface area contributed by atoms with Crippen molar-refractivity contribution in [3.63, 3.8) is 0 Å². The molecule has 5 nitrogen and oxygen atoms in total. The quantitative estimate of drug-likeness (QED) is 0.941. The summed E-state index contributed by atoms with van der Waals surface area (Å²) in [5.41, 5.74) is 0.998. The first-order valence-corrected chi connectivity index (χ1v) is 7.75. The van der Waals surface area contributed by atoms with Gasteiger partial charge in [-0.1, -0.05) is 0 Å². The van der Waals surface area contributed by atoms with E-state index < -0.39 is 0 Å². The van der Waals surface area contributed by atoms with Crippen molar-refractivity contribution < 1.29 is 0 Å². The maximum atomic E-state index is 4.46. The van der Waals surface area contributed by atoms with Gasteiger partial charge in [0.05, 0.1) is 0 Å². The molecule has 1 saturated heterocycles. The van der Waals surface area contributed by atoms with Gasteiger partial charge in [-0.2, -0.15) is 0 Å². The molecule has 0 spiro atoms. The summed E-state index contributed by atoms with van der Waals surface area (Å²) in [6.07, 6.45) is 5.79. The Morgan fingerprint density at radius 2 is 2.00 bits per heavy atom. The van der Waals surface area contributed by atoms with Gasteiger partial charge in [0.25, 0.3) is 0 Å². The molecule has 0 radical (unpaired) electrons. The van der Waals surface area contributed by atoms with Crippen molar-refractivity contribution in [2.24, 2.45) is 0 Å². The van der Waals surface area contributed by atoms with E-state index in [0.29, 0.717) is 6.04 Å². The van der Waals surface area contributed by atoms with Crippen molar-refractivity contribution in [1.82, 2.24) is 15.0 Å². The predicted octanol–water partition coefficient (Wildman–Crippen LogP) is 2.63. The Labute approximate surface area is 123 Å². The Balaban J connectivity index is 1.56. The number of aryl methyl sites for hydroxylation is 2. The highest BCUT2D eigenvalue weighted by atomic mass is 32.1. The molecule has 0 unspecified atom stereocenters. The molecular weight excluding hydrogens is 270 g/mol. The van der Waals surface area contributed by atoms with Crippen LogP contribution in [0.2, 0.25) is 0 Å². The summed E-state index contributed by atoms with van der Waals surface area (Å²) in [4.78, 5) is 16.5. The lowest BCUT2D eigenvalue weighted by Gasteiger charge is -2.32. The summed E-state index contributed by atoms with van der Waals surface area (Å²) in [5, 5.41) is 4.66. The van der Waals surface area contributed by atoms with Gasteiger partial charge in [0, 0.05) is 42.0 Å². The third kappa shape index (κ3) is 3.07. The fourth-order valence-electron chi connectivity index (χ4n) is 2.45. The summed E-state index contributed by atoms with van der Waals surface area (Å²) in [6, 6.07) is 2.48. The number of thiazole rings is 1. The van der Waals surface area contributed by atoms with Crippen LogP contribution in [-0.2, 0) is 0 Å². The van der Waals surface area contributed by atoms with Crippen LogP contribution in [0.25, 0.3) is 0 Å². The van der Waals surface area contributed by atoms with E-state index in [9.17, 15) is 0 Å². The molecule has 1 aliphatic rings. The van der Waals surface area contributed by atoms with Crippen molar-refractivity contribution in [2.75, 3.05) is 23.3 Å². The fraction of sp³-hybridized carbons (Fsp3) is 0.500. The van der Waals surface area contributed by atoms with Gasteiger partial charge in [-0.15, -0.1) is 11.3 Å². The molecule has 0 saturated carbocycles. The second-order valence-electron chi connectivity index (χ2n) is 5.20. The third-order valence-electron chi connectivity index (χ3n) is 3.53. The summed E-state index contributed by atoms with van der Waals surface area (Å²) in [6.45, 7) is 6.19. The first-order chi connectivity index (χ1) is 9.70. The zero-order valence-corrected chi connectivity index (χ0v) is 12.7. The highest BCUT2D eigenvalue weighted by Gasteiger charge is 2.21. The van der Waals surface area contributed by atoms with Crippen LogP contribution in [0.4, 0.5) is 10.9 Å². The van der Waals surface area contributed by atoms with Crippen LogP contribution in [-0.4, -0.2) is 34.1 Å². The highest BCUT2D eigenvalue weighted by Crippen LogP contribution is 2.25. The molecule has 2 aromatic heterocycles. The molecule has 3 heterocycles. The van der Waals surface area contributed by atoms with Gasteiger partial charge in [-0.05, 0) is 26.7 Å². The van der Waals surface area contributed by atoms with E-state index in [4.69, 9.17) is 0 Å². The minimum Gasteiger partial charge on any atom is -0.367 e. The van der Waals surface area contributed by atoms with Crippen LogP contribution in [0.3, 0.4) is 0 Å². The second-order valence-corrected chi connectivity index (χ2v) is 6.42. The number of anilines is 2. The van der Waals surface area contributed by atoms with Crippen LogP contribution < -0.4 is 10.2 Å². The summed E-state index contributed by atoms with van der Waals surface area (Å²) in [7, 11) is 0. The minimum absolute atomic E-state index is 0.488. The van der Waals surface area contributed by atoms with E-state index in [2.05, 4.69) is 32.1 Å². The third-order valence-corrected chi connectivity index (χ3v) is 4.50. The van der Waals surface area contributed by atoms with Crippen LogP contribution in [0.5, 0.6) is 0 Å². The molecule has 1 N–H and O–H groups in total. The van der Waals surface area contributed by atoms with E-state index in [1.54, 1.807) is 17.7 Å². The number of aromatic nitrogens is 3. The van der Waals surface area contributed by atoms with Gasteiger partial charge < -0.3 is 10.2 Å². The highest BCUT2D eigenvalue weighted by molar-refractivity contribution is 7.15. The maximum absolute atomic E-state index is 4.46. The molecular formula is C14H19N5S. The number of piperidine rings is 1. The molecule has 0 aliphatic carbocycles. The van der Waals surface area contributed by atoms with Gasteiger partial charge in [-0.25, -0.2) is 15.0 Å². The number of hydrogen-bond donors (Lipinski definition) is 1. The molecule has 0 amide bonds. The number of hydrogen-bond acceptors (Lipinski definition) is 6. The molecule has 0 aromatic carbocycles. The average molecular weight is 289 g/mol. The van der Waals surface area contributed by atoms with E-state index in [-0.39, 0.29) is 0 Å². The lowest BCUT2D eigenvalue weighted by atomic mass is 10.1. The Kier molecular flexibility index (Phi) is 3.82. The molecule has 0 atom stereocenters. The van der Waals surface area contributed by atoms with Crippen molar-refractivity contribution in [3.8, 4) is 0 Å². The van der Waals surface area contributed by atoms with Crippen LogP contribution in [0.1, 0.15) is 23.4 Å². The molecule has 106 valence electrons. The normalized spacial score (nSPS) is 16.4. The lowest BCUT2D eigenvalue weighted by molar-refractivity contribution is 0.525. The van der Waals surface area contributed by atoms with Gasteiger partial charge in [0.2, 0.25) is 0 Å². The zero-order chi connectivity index (χ0) is 13.9. The fourth-order valence-corrected chi connectivity index (χ4v) is 3.26. The average Bonchev–Trinajstić information content (AvgIpc) is 2.86. The Hall–Kier alpha value is -1.69. The van der Waals surface area contributed by atoms with Crippen molar-refractivity contribution in [3.05, 3.63) is 29.2 Å². The molecule has 1 aliphatic heterocycles. The van der Waals surface area contributed by atoms with Crippen molar-refractivity contribution in [2.45, 2.75) is 32.7 Å². The predicted molar refractivity (Wildman–Crippen MR) is 82.5 cm³/mol. The Morgan fingerprint density at radius 1 is 1.20 bits per heavy atom. The number of nitrogens with zero attached hydrogens (tertiary/aromatic N) is 4. The summed E-state index contributed by atoms with van der Waals surface area (Å²) in [5.74, 6) is 0.932. The Bertz CT molecular complexity index is 574. The van der Waals surface area contributed by atoms with Gasteiger partial charge in [0.1, 0.15) is 12.1 Å². The van der Waals surface area contributed by atoms with Crippen molar-refractivity contribution in [1.29, 1.82) is 0 Å². The number of rotatable bonds is 3. The topological polar surface area (TPSA) is 53.9 Å². The van der Waals surface area contributed by atoms with Crippen LogP contribution in [0, 0.1) is 13.8 Å². The summed E-state index contributed by atoms with van der Waals surface area (Å²) < 4.78 is 0. The molecule has 1 fully saturated rings. The molecule has 3 rings (SSSR count). The smallest absolute Gasteiger partial charge is 0.185 e. The lowest BCUT2D eigenvalue weighted by Crippen LogP contribution is -2.39. The minimum atomic E-state index is 0.488. The van der Waals surface area contributed by atoms with E-state index >= 15 is 0 Å². The second kappa shape index (κ2) is 5.75. The summed E-state index contributed by atoms with van der Waals surface area (Å²) >= 11 is 1.78. The van der Waals surface area contributed by atoms with Crippen molar-refractivity contribution >= 4 is 22.3 Å². The monoisotopic (exact) mass is 289 g/mol. The largest absolute Gasteiger partial charge is 0.367 e. The molecule has 20 heavy (non-hydrogen) atoms. The van der Waals surface area contributed by atoms with Gasteiger partial charge in [-0.3, -0.25) is 0 Å². The number of nitrogens with one attached hydrogen (secondary N) is 1. The van der Waals surface area contributed by atoms with Crippen LogP contribution in [0.15, 0.2) is 18.6 Å². The van der Waals surface area contributed by atoms with E-state index in [1.165, 1.54) is 4.88 Å². The molecule has 0 bridgehead atoms. The van der Waals surface area contributed by atoms with Gasteiger partial charge >= 0.3 is 0 Å². The maximum Gasteiger partial charge on any atom is 0.185 e. The molecule has 6 heteroatoms. The SMILES string of the molecule is Cc1cc(NC2CCN(c3ncc(C)s3)CC2)ncn1. The van der Waals surface area contributed by atoms with Crippen LogP contribution >= 0.6 is 11.3 Å². The standard InChI is InChI=1S/C14H19N5S/c1-10-7-13(17-9-16-10)18-12-3-5-19(6-4-12)14-15-8-11(2)20-14/h7-9,12H,3-6H2,1-2H3,(H,16,17,18). The van der Waals surface area contributed by atoms with E-state index in [1.807, 2.05) is 19.2 Å². The zero-order valence-electron chi connectivity index (χ0n) is 11.8.